The zero-order chi connectivity index (χ0) is 9.00. The summed E-state index contributed by atoms with van der Waals surface area (Å²) in [4.78, 5) is 68.6. The molecule has 0 fully saturated rings. The molecule has 0 saturated carbocycles. The van der Waals surface area contributed by atoms with E-state index in [4.69, 9.17) is 38.4 Å². The summed E-state index contributed by atoms with van der Waals surface area (Å²) >= 11 is 0. The fourth-order valence-corrected chi connectivity index (χ4v) is 0. The van der Waals surface area contributed by atoms with Crippen molar-refractivity contribution in [2.45, 2.75) is 0 Å². The van der Waals surface area contributed by atoms with Crippen molar-refractivity contribution in [3.8, 4) is 0 Å². The third-order valence-electron chi connectivity index (χ3n) is 0. The second kappa shape index (κ2) is 21.4. The van der Waals surface area contributed by atoms with Gasteiger partial charge in [0.25, 0.3) is 0 Å². The van der Waals surface area contributed by atoms with Crippen LogP contribution in [0, 0.1) is 0 Å². The largest absolute Gasteiger partial charge is 3.00 e. The molecule has 0 aliphatic heterocycles. The molecular formula is H2AlBaCaKO9Si2. The van der Waals surface area contributed by atoms with Gasteiger partial charge in [-0.25, -0.2) is 0 Å². The first-order valence-electron chi connectivity index (χ1n) is 1.63. The molecule has 0 bridgehead atoms. The Balaban J connectivity index is -0.0000000128. The summed E-state index contributed by atoms with van der Waals surface area (Å²) in [5.74, 6) is 0. The maximum atomic E-state index is 8.58. The van der Waals surface area contributed by atoms with Crippen molar-refractivity contribution < 1.29 is 95.2 Å². The monoisotopic (exact) mass is 446 g/mol. The summed E-state index contributed by atoms with van der Waals surface area (Å²) in [6.45, 7) is 0. The molecule has 0 radical (unpaired) electrons. The van der Waals surface area contributed by atoms with Crippen molar-refractivity contribution in [2.24, 2.45) is 0 Å². The zero-order valence-electron chi connectivity index (χ0n) is 7.76. The van der Waals surface area contributed by atoms with Gasteiger partial charge in [0.2, 0.25) is 0 Å². The molecule has 0 spiro atoms. The van der Waals surface area contributed by atoms with Crippen molar-refractivity contribution in [3.05, 3.63) is 0 Å². The van der Waals surface area contributed by atoms with Gasteiger partial charge in [-0.2, -0.15) is 0 Å². The van der Waals surface area contributed by atoms with Gasteiger partial charge in [0.1, 0.15) is 0 Å². The molecule has 0 aliphatic carbocycles. The molecule has 0 saturated heterocycles. The van der Waals surface area contributed by atoms with Crippen LogP contribution in [-0.4, -0.2) is 128 Å². The van der Waals surface area contributed by atoms with E-state index >= 15 is 0 Å². The van der Waals surface area contributed by atoms with Crippen LogP contribution in [-0.2, 0) is 0 Å². The summed E-state index contributed by atoms with van der Waals surface area (Å²) in [7, 11) is -11.2. The summed E-state index contributed by atoms with van der Waals surface area (Å²) in [6, 6.07) is 0. The van der Waals surface area contributed by atoms with Crippen LogP contribution in [0.1, 0.15) is 0 Å². The molecule has 72 valence electrons. The zero-order valence-corrected chi connectivity index (χ0v) is 20.7. The van der Waals surface area contributed by atoms with Crippen molar-refractivity contribution in [2.75, 3.05) is 0 Å². The van der Waals surface area contributed by atoms with E-state index in [0.717, 1.165) is 0 Å². The predicted octanol–water partition coefficient (Wildman–Crippen LogP) is -15.2. The number of hydrogen-bond donors (Lipinski definition) is 0. The fourth-order valence-electron chi connectivity index (χ4n) is 0. The van der Waals surface area contributed by atoms with Gasteiger partial charge < -0.3 is 61.9 Å². The summed E-state index contributed by atoms with van der Waals surface area (Å²) in [5.41, 5.74) is 0. The number of hydrogen-bond acceptors (Lipinski definition) is 8. The Morgan fingerprint density at radius 2 is 0.600 bits per heavy atom. The Morgan fingerprint density at radius 1 is 0.600 bits per heavy atom. The smallest absolute Gasteiger partial charge is 0.894 e. The Kier molecular flexibility index (Phi) is 60.9. The fraction of sp³-hybridized carbons (Fsp3) is 0. The van der Waals surface area contributed by atoms with Crippen LogP contribution in [0.5, 0.6) is 0 Å². The molecule has 0 aliphatic rings. The van der Waals surface area contributed by atoms with Gasteiger partial charge in [-0.3, -0.25) is 0 Å². The van der Waals surface area contributed by atoms with Crippen molar-refractivity contribution in [1.82, 2.24) is 0 Å². The van der Waals surface area contributed by atoms with Crippen LogP contribution in [0.25, 0.3) is 0 Å². The minimum atomic E-state index is -5.61. The van der Waals surface area contributed by atoms with E-state index in [1.54, 1.807) is 0 Å². The van der Waals surface area contributed by atoms with Crippen LogP contribution in [0.15, 0.2) is 0 Å². The van der Waals surface area contributed by atoms with Gasteiger partial charge in [-0.1, -0.05) is 0 Å². The Hall–Kier alpha value is 5.07. The molecule has 0 amide bonds. The standard InChI is InChI=1S/Al.Ba.Ca.K.2O4Si.H2O/c;;;;2*1-5(2,3)4;/h;;;;;;1H2/q+3;2*+2;+1;2*-4;. The Labute approximate surface area is 211 Å². The summed E-state index contributed by atoms with van der Waals surface area (Å²) in [5, 5.41) is 0. The SMILES string of the molecule is O.[Al+3].[Ba+2].[Ca+2].[K+].[O-][Si]([O-])([O-])[O-].[O-][Si]([O-])([O-])[O-]. The molecular weight excluding hydrogens is 444 g/mol. The van der Waals surface area contributed by atoms with E-state index in [9.17, 15) is 0 Å². The summed E-state index contributed by atoms with van der Waals surface area (Å²) in [6.07, 6.45) is 0. The molecule has 0 heterocycles. The van der Waals surface area contributed by atoms with Gasteiger partial charge in [0.05, 0.1) is 0 Å². The van der Waals surface area contributed by atoms with Crippen LogP contribution in [0.4, 0.5) is 0 Å². The first-order chi connectivity index (χ1) is 4.00. The van der Waals surface area contributed by atoms with E-state index in [0.29, 0.717) is 0 Å². The molecule has 0 aromatic carbocycles. The van der Waals surface area contributed by atoms with Gasteiger partial charge in [-0.15, -0.1) is 0 Å². The molecule has 0 atom stereocenters. The third-order valence-corrected chi connectivity index (χ3v) is 0. The van der Waals surface area contributed by atoms with Crippen LogP contribution in [0.3, 0.4) is 0 Å². The van der Waals surface area contributed by atoms with Crippen molar-refractivity contribution in [1.29, 1.82) is 0 Å². The van der Waals surface area contributed by atoms with Crippen LogP contribution in [0.2, 0.25) is 0 Å². The van der Waals surface area contributed by atoms with Crippen LogP contribution < -0.4 is 89.7 Å². The average Bonchev–Trinajstić information content (AvgIpc) is 1.12. The van der Waals surface area contributed by atoms with E-state index in [-0.39, 0.29) is 161 Å². The molecule has 0 rings (SSSR count). The van der Waals surface area contributed by atoms with Gasteiger partial charge in [0.15, 0.2) is 0 Å². The molecule has 0 aromatic rings. The van der Waals surface area contributed by atoms with Gasteiger partial charge in [-0.05, 0) is 0 Å². The van der Waals surface area contributed by atoms with Crippen LogP contribution >= 0.6 is 0 Å². The average molecular weight is 446 g/mol. The molecule has 15 heteroatoms. The predicted molar refractivity (Wildman–Crippen MR) is 32.4 cm³/mol. The first kappa shape index (κ1) is 42.7. The molecule has 9 nitrogen and oxygen atoms in total. The Morgan fingerprint density at radius 3 is 0.600 bits per heavy atom. The molecule has 0 unspecified atom stereocenters. The minimum Gasteiger partial charge on any atom is -0.894 e. The first-order valence-corrected chi connectivity index (χ1v) is 4.90. The van der Waals surface area contributed by atoms with Crippen molar-refractivity contribution in [3.63, 3.8) is 0 Å². The van der Waals surface area contributed by atoms with E-state index in [1.165, 1.54) is 0 Å². The second-order valence-corrected chi connectivity index (χ2v) is 3.00. The van der Waals surface area contributed by atoms with Gasteiger partial charge >= 0.3 is 155 Å². The Bertz CT molecular complexity index is 71.1. The van der Waals surface area contributed by atoms with Gasteiger partial charge in [0, 0.05) is 0 Å². The maximum Gasteiger partial charge on any atom is 3.00 e. The number of rotatable bonds is 0. The molecule has 2 N–H and O–H groups in total. The third kappa shape index (κ3) is 216. The minimum absolute atomic E-state index is 0. The van der Waals surface area contributed by atoms with Crippen molar-refractivity contribution >= 4 is 122 Å². The topological polar surface area (TPSA) is 216 Å². The second-order valence-electron chi connectivity index (χ2n) is 1.00. The quantitative estimate of drug-likeness (QED) is 0.325. The summed E-state index contributed by atoms with van der Waals surface area (Å²) < 4.78 is 0. The molecule has 15 heavy (non-hydrogen) atoms. The maximum absolute atomic E-state index is 8.58. The van der Waals surface area contributed by atoms with E-state index in [1.807, 2.05) is 0 Å². The normalized spacial score (nSPS) is 8.00. The van der Waals surface area contributed by atoms with E-state index in [2.05, 4.69) is 0 Å². The molecule has 0 aromatic heterocycles. The van der Waals surface area contributed by atoms with E-state index < -0.39 is 18.1 Å².